The van der Waals surface area contributed by atoms with E-state index in [1.54, 1.807) is 45.3 Å². The van der Waals surface area contributed by atoms with Gasteiger partial charge in [0.25, 0.3) is 11.8 Å². The Labute approximate surface area is 243 Å². The molecule has 0 saturated heterocycles. The lowest BCUT2D eigenvalue weighted by atomic mass is 10.0. The van der Waals surface area contributed by atoms with E-state index in [1.165, 1.54) is 18.8 Å². The van der Waals surface area contributed by atoms with Crippen LogP contribution < -0.4 is 20.1 Å². The quantitative estimate of drug-likeness (QED) is 0.203. The molecule has 0 spiro atoms. The molecule has 4 aromatic heterocycles. The molecule has 2 aliphatic rings. The molecule has 194 valence electrons. The summed E-state index contributed by atoms with van der Waals surface area (Å²) in [5, 5.41) is 11.6. The van der Waals surface area contributed by atoms with Crippen LogP contribution in [-0.4, -0.2) is 11.8 Å². The Morgan fingerprint density at radius 1 is 0.525 bits per heavy atom. The van der Waals surface area contributed by atoms with Crippen LogP contribution in [0.15, 0.2) is 94.7 Å². The van der Waals surface area contributed by atoms with Crippen molar-refractivity contribution in [2.45, 2.75) is 0 Å². The average molecular weight is 597 g/mol. The van der Waals surface area contributed by atoms with Crippen LogP contribution in [-0.2, 0) is 9.59 Å². The van der Waals surface area contributed by atoms with Crippen molar-refractivity contribution in [1.29, 1.82) is 0 Å². The number of ether oxygens (including phenoxy) is 2. The Morgan fingerprint density at radius 3 is 1.35 bits per heavy atom. The van der Waals surface area contributed by atoms with Crippen molar-refractivity contribution in [2.24, 2.45) is 0 Å². The molecule has 2 aliphatic heterocycles. The Hall–Kier alpha value is -4.22. The van der Waals surface area contributed by atoms with Gasteiger partial charge in [0.2, 0.25) is 0 Å². The summed E-state index contributed by atoms with van der Waals surface area (Å²) in [5.74, 6) is 0.752. The first kappa shape index (κ1) is 23.6. The summed E-state index contributed by atoms with van der Waals surface area (Å²) < 4.78 is 16.8. The summed E-state index contributed by atoms with van der Waals surface area (Å²) in [5.41, 5.74) is 3.15. The molecule has 0 radical (unpaired) electrons. The fourth-order valence-electron chi connectivity index (χ4n) is 4.81. The van der Waals surface area contributed by atoms with E-state index in [0.29, 0.717) is 34.0 Å². The highest BCUT2D eigenvalue weighted by molar-refractivity contribution is 7.28. The van der Waals surface area contributed by atoms with E-state index in [1.807, 2.05) is 60.7 Å². The normalized spacial score (nSPS) is 14.8. The third-order valence-electron chi connectivity index (χ3n) is 6.64. The highest BCUT2D eigenvalue weighted by Gasteiger charge is 2.40. The molecule has 6 nitrogen and oxygen atoms in total. The van der Waals surface area contributed by atoms with Gasteiger partial charge in [-0.3, -0.25) is 9.59 Å². The molecular weight excluding hydrogens is 581 g/mol. The molecule has 0 bridgehead atoms. The van der Waals surface area contributed by atoms with E-state index in [2.05, 4.69) is 33.5 Å². The van der Waals surface area contributed by atoms with Crippen LogP contribution in [0.4, 0.5) is 0 Å². The number of fused-ring (bicyclic) bond motifs is 3. The third kappa shape index (κ3) is 3.96. The molecule has 0 atom stereocenters. The standard InChI is InChI=1S/C30H16N2O4S4/c33-29-25-26(28(32-29)16-3-7-18(8-4-16)36-24-14-22-20(40-24)10-12-38-22)30(34)31-27(25)15-1-5-17(6-2-15)35-23-13-21-19(39-23)9-11-37-21/h1-14H,(H,31,34)(H,32,33). The van der Waals surface area contributed by atoms with Gasteiger partial charge in [0.15, 0.2) is 10.1 Å². The molecule has 40 heavy (non-hydrogen) atoms. The minimum absolute atomic E-state index is 0.309. The van der Waals surface area contributed by atoms with Crippen LogP contribution in [0.2, 0.25) is 0 Å². The Kier molecular flexibility index (Phi) is 5.42. The highest BCUT2D eigenvalue weighted by Crippen LogP contribution is 2.41. The van der Waals surface area contributed by atoms with Crippen molar-refractivity contribution in [2.75, 3.05) is 0 Å². The topological polar surface area (TPSA) is 76.7 Å². The van der Waals surface area contributed by atoms with Crippen molar-refractivity contribution in [1.82, 2.24) is 10.6 Å². The number of hydrogen-bond acceptors (Lipinski definition) is 8. The zero-order valence-corrected chi connectivity index (χ0v) is 23.6. The summed E-state index contributed by atoms with van der Waals surface area (Å²) in [6, 6.07) is 23.0. The maximum atomic E-state index is 13.1. The summed E-state index contributed by atoms with van der Waals surface area (Å²) in [7, 11) is 0. The first-order valence-electron chi connectivity index (χ1n) is 12.2. The molecule has 6 heterocycles. The number of nitrogens with one attached hydrogen (secondary N) is 2. The zero-order chi connectivity index (χ0) is 26.8. The van der Waals surface area contributed by atoms with Crippen LogP contribution in [0.1, 0.15) is 11.1 Å². The lowest BCUT2D eigenvalue weighted by Crippen LogP contribution is -2.21. The van der Waals surface area contributed by atoms with Gasteiger partial charge in [0.1, 0.15) is 11.5 Å². The summed E-state index contributed by atoms with van der Waals surface area (Å²) >= 11 is 6.56. The largest absolute Gasteiger partial charge is 0.447 e. The number of thiophene rings is 4. The second-order valence-electron chi connectivity index (χ2n) is 9.09. The number of rotatable bonds is 6. The molecular formula is C30H16N2O4S4. The fraction of sp³-hybridized carbons (Fsp3) is 0. The Bertz CT molecular complexity index is 1830. The van der Waals surface area contributed by atoms with Gasteiger partial charge in [0.05, 0.1) is 22.5 Å². The SMILES string of the molecule is O=C1NC(c2ccc(Oc3cc4sccc4s3)cc2)=C2C(=O)NC(c3ccc(Oc4cc5sccc5s4)cc3)=C12. The molecule has 0 saturated carbocycles. The molecule has 2 aromatic carbocycles. The summed E-state index contributed by atoms with van der Waals surface area (Å²) in [6.07, 6.45) is 0. The lowest BCUT2D eigenvalue weighted by molar-refractivity contribution is -0.117. The lowest BCUT2D eigenvalue weighted by Gasteiger charge is -2.09. The minimum Gasteiger partial charge on any atom is -0.447 e. The molecule has 0 unspecified atom stereocenters. The van der Waals surface area contributed by atoms with Crippen LogP contribution in [0, 0.1) is 0 Å². The van der Waals surface area contributed by atoms with E-state index in [4.69, 9.17) is 9.47 Å². The van der Waals surface area contributed by atoms with Gasteiger partial charge in [-0.1, -0.05) is 22.7 Å². The first-order valence-corrected chi connectivity index (χ1v) is 15.6. The van der Waals surface area contributed by atoms with Crippen molar-refractivity contribution in [3.8, 4) is 21.6 Å². The van der Waals surface area contributed by atoms with Crippen molar-refractivity contribution >= 4 is 87.4 Å². The Balaban J connectivity index is 1.06. The van der Waals surface area contributed by atoms with E-state index in [-0.39, 0.29) is 11.8 Å². The number of amides is 2. The van der Waals surface area contributed by atoms with Crippen molar-refractivity contribution < 1.29 is 19.1 Å². The van der Waals surface area contributed by atoms with E-state index in [0.717, 1.165) is 21.3 Å². The maximum absolute atomic E-state index is 13.1. The second-order valence-corrected chi connectivity index (χ2v) is 13.1. The Morgan fingerprint density at radius 2 is 0.950 bits per heavy atom. The monoisotopic (exact) mass is 596 g/mol. The predicted molar refractivity (Wildman–Crippen MR) is 163 cm³/mol. The molecule has 0 fully saturated rings. The van der Waals surface area contributed by atoms with E-state index < -0.39 is 0 Å². The smallest absolute Gasteiger partial charge is 0.258 e. The number of hydrogen-bond donors (Lipinski definition) is 2. The summed E-state index contributed by atoms with van der Waals surface area (Å²) in [6.45, 7) is 0. The van der Waals surface area contributed by atoms with Gasteiger partial charge in [-0.05, 0) is 82.6 Å². The zero-order valence-electron chi connectivity index (χ0n) is 20.3. The van der Waals surface area contributed by atoms with E-state index >= 15 is 0 Å². The minimum atomic E-state index is -0.309. The number of carbonyl (C=O) groups is 2. The predicted octanol–water partition coefficient (Wildman–Crippen LogP) is 8.21. The van der Waals surface area contributed by atoms with Gasteiger partial charge >= 0.3 is 0 Å². The average Bonchev–Trinajstić information content (AvgIpc) is 3.77. The molecule has 6 aromatic rings. The van der Waals surface area contributed by atoms with Crippen LogP contribution in [0.25, 0.3) is 30.2 Å². The molecule has 0 aliphatic carbocycles. The van der Waals surface area contributed by atoms with Gasteiger partial charge in [0, 0.05) is 30.9 Å². The molecule has 10 heteroatoms. The van der Waals surface area contributed by atoms with Gasteiger partial charge in [-0.15, -0.1) is 22.7 Å². The van der Waals surface area contributed by atoms with Crippen LogP contribution in [0.3, 0.4) is 0 Å². The van der Waals surface area contributed by atoms with E-state index in [9.17, 15) is 9.59 Å². The van der Waals surface area contributed by atoms with Crippen LogP contribution in [0.5, 0.6) is 21.6 Å². The van der Waals surface area contributed by atoms with Gasteiger partial charge < -0.3 is 20.1 Å². The fourth-order valence-corrected chi connectivity index (χ4v) is 8.75. The highest BCUT2D eigenvalue weighted by atomic mass is 32.1. The number of carbonyl (C=O) groups excluding carboxylic acids is 2. The molecule has 2 N–H and O–H groups in total. The second kappa shape index (κ2) is 9.17. The maximum Gasteiger partial charge on any atom is 0.258 e. The van der Waals surface area contributed by atoms with Gasteiger partial charge in [-0.25, -0.2) is 0 Å². The van der Waals surface area contributed by atoms with Crippen molar-refractivity contribution in [3.05, 3.63) is 106 Å². The third-order valence-corrected chi connectivity index (χ3v) is 10.6. The summed E-state index contributed by atoms with van der Waals surface area (Å²) in [4.78, 5) is 26.1. The molecule has 2 amide bonds. The number of benzene rings is 2. The van der Waals surface area contributed by atoms with Crippen LogP contribution >= 0.6 is 45.3 Å². The molecule has 8 rings (SSSR count). The first-order chi connectivity index (χ1) is 19.6. The van der Waals surface area contributed by atoms with Crippen molar-refractivity contribution in [3.63, 3.8) is 0 Å². The van der Waals surface area contributed by atoms with Gasteiger partial charge in [-0.2, -0.15) is 0 Å².